The molecule has 0 spiro atoms. The lowest BCUT2D eigenvalue weighted by molar-refractivity contribution is -0.166. The van der Waals surface area contributed by atoms with Gasteiger partial charge in [-0.25, -0.2) is 4.79 Å². The molecule has 1 atom stereocenters. The number of thiophene rings is 1. The largest absolute Gasteiger partial charge is 0.467 e. The van der Waals surface area contributed by atoms with Gasteiger partial charge in [-0.1, -0.05) is 11.6 Å². The van der Waals surface area contributed by atoms with E-state index < -0.39 is 28.7 Å². The number of carbonyl (C=O) groups is 1. The van der Waals surface area contributed by atoms with E-state index in [9.17, 15) is 18.0 Å². The van der Waals surface area contributed by atoms with Crippen molar-refractivity contribution in [2.45, 2.75) is 38.7 Å². The van der Waals surface area contributed by atoms with Gasteiger partial charge in [-0.15, -0.1) is 11.3 Å². The minimum Gasteiger partial charge on any atom is -0.467 e. The molecule has 1 rings (SSSR count). The summed E-state index contributed by atoms with van der Waals surface area (Å²) in [4.78, 5) is 10.9. The van der Waals surface area contributed by atoms with Crippen LogP contribution < -0.4 is 0 Å². The van der Waals surface area contributed by atoms with E-state index in [1.165, 1.54) is 0 Å². The molecule has 21 heavy (non-hydrogen) atoms. The number of methoxy groups -OCH3 is 1. The fraction of sp³-hybridized carbons (Fsp3) is 0.583. The number of ether oxygens (including phenoxy) is 2. The summed E-state index contributed by atoms with van der Waals surface area (Å²) in [6.45, 7) is 4.87. The van der Waals surface area contributed by atoms with Gasteiger partial charge in [0, 0.05) is 5.56 Å². The molecule has 1 unspecified atom stereocenters. The predicted molar refractivity (Wildman–Crippen MR) is 77.6 cm³/mol. The van der Waals surface area contributed by atoms with E-state index in [1.807, 2.05) is 0 Å². The Labute approximate surface area is 137 Å². The first-order chi connectivity index (χ1) is 9.38. The highest BCUT2D eigenvalue weighted by Crippen LogP contribution is 2.49. The van der Waals surface area contributed by atoms with Crippen LogP contribution in [0.5, 0.6) is 0 Å². The van der Waals surface area contributed by atoms with Gasteiger partial charge in [-0.05, 0) is 36.7 Å². The quantitative estimate of drug-likeness (QED) is 0.643. The second-order valence-corrected chi connectivity index (χ2v) is 7.48. The number of esters is 1. The Bertz CT molecular complexity index is 537. The SMILES string of the molecule is COC(=O)C(OC(C)(C)C)c1c(C(F)(F)F)sc(Cl)c1Br. The number of hydrogen-bond acceptors (Lipinski definition) is 4. The van der Waals surface area contributed by atoms with Gasteiger partial charge < -0.3 is 9.47 Å². The normalized spacial score (nSPS) is 14.1. The Morgan fingerprint density at radius 2 is 1.86 bits per heavy atom. The maximum absolute atomic E-state index is 13.1. The summed E-state index contributed by atoms with van der Waals surface area (Å²) in [5.41, 5.74) is -1.21. The molecule has 0 saturated carbocycles. The molecule has 0 amide bonds. The maximum Gasteiger partial charge on any atom is 0.426 e. The van der Waals surface area contributed by atoms with Crippen LogP contribution in [0.25, 0.3) is 0 Å². The standard InChI is InChI=1S/C12H13BrClF3O3S/c1-11(2,3)20-7(10(18)19-4)5-6(13)9(14)21-8(5)12(15,16)17/h7H,1-4H3. The molecule has 9 heteroatoms. The molecule has 0 aliphatic rings. The molecule has 0 bridgehead atoms. The zero-order valence-corrected chi connectivity index (χ0v) is 14.8. The average molecular weight is 410 g/mol. The number of hydrogen-bond donors (Lipinski definition) is 0. The van der Waals surface area contributed by atoms with Crippen molar-refractivity contribution in [3.63, 3.8) is 0 Å². The van der Waals surface area contributed by atoms with Gasteiger partial charge in [-0.3, -0.25) is 0 Å². The van der Waals surface area contributed by atoms with E-state index in [1.54, 1.807) is 20.8 Å². The monoisotopic (exact) mass is 408 g/mol. The molecule has 0 radical (unpaired) electrons. The molecule has 0 saturated heterocycles. The van der Waals surface area contributed by atoms with Crippen LogP contribution in [-0.4, -0.2) is 18.7 Å². The van der Waals surface area contributed by atoms with Crippen molar-refractivity contribution < 1.29 is 27.4 Å². The Morgan fingerprint density at radius 1 is 1.33 bits per heavy atom. The van der Waals surface area contributed by atoms with E-state index in [-0.39, 0.29) is 14.4 Å². The summed E-state index contributed by atoms with van der Waals surface area (Å²) >= 11 is 9.09. The van der Waals surface area contributed by atoms with Crippen LogP contribution >= 0.6 is 38.9 Å². The molecule has 3 nitrogen and oxygen atoms in total. The lowest BCUT2D eigenvalue weighted by atomic mass is 10.1. The second kappa shape index (κ2) is 6.44. The van der Waals surface area contributed by atoms with Crippen LogP contribution in [0.1, 0.15) is 37.3 Å². The van der Waals surface area contributed by atoms with E-state index >= 15 is 0 Å². The van der Waals surface area contributed by atoms with Crippen molar-refractivity contribution >= 4 is 44.8 Å². The van der Waals surface area contributed by atoms with Crippen molar-refractivity contribution in [2.75, 3.05) is 7.11 Å². The number of rotatable bonds is 3. The molecule has 0 fully saturated rings. The molecular weight excluding hydrogens is 397 g/mol. The zero-order chi connectivity index (χ0) is 16.6. The molecule has 0 aliphatic heterocycles. The van der Waals surface area contributed by atoms with Crippen molar-refractivity contribution in [2.24, 2.45) is 0 Å². The third-order valence-corrected chi connectivity index (χ3v) is 5.03. The predicted octanol–water partition coefficient (Wildman–Crippen LogP) is 5.21. The van der Waals surface area contributed by atoms with E-state index in [0.717, 1.165) is 7.11 Å². The number of carbonyl (C=O) groups excluding carboxylic acids is 1. The average Bonchev–Trinajstić information content (AvgIpc) is 2.61. The molecule has 0 aliphatic carbocycles. The third-order valence-electron chi connectivity index (χ3n) is 2.25. The fourth-order valence-electron chi connectivity index (χ4n) is 1.53. The Kier molecular flexibility index (Phi) is 5.74. The highest BCUT2D eigenvalue weighted by molar-refractivity contribution is 9.10. The molecule has 0 N–H and O–H groups in total. The first-order valence-corrected chi connectivity index (χ1v) is 7.67. The summed E-state index contributed by atoms with van der Waals surface area (Å²) in [6, 6.07) is 0. The van der Waals surface area contributed by atoms with Crippen molar-refractivity contribution in [3.8, 4) is 0 Å². The van der Waals surface area contributed by atoms with Gasteiger partial charge in [0.15, 0.2) is 6.10 Å². The third kappa shape index (κ3) is 4.58. The lowest BCUT2D eigenvalue weighted by Gasteiger charge is -2.26. The van der Waals surface area contributed by atoms with Crippen LogP contribution in [-0.2, 0) is 20.4 Å². The summed E-state index contributed by atoms with van der Waals surface area (Å²) in [5.74, 6) is -0.925. The minimum absolute atomic E-state index is 0.0128. The van der Waals surface area contributed by atoms with E-state index in [4.69, 9.17) is 16.3 Å². The van der Waals surface area contributed by atoms with Gasteiger partial charge >= 0.3 is 12.1 Å². The number of halogens is 5. The van der Waals surface area contributed by atoms with Gasteiger partial charge in [0.1, 0.15) is 9.21 Å². The zero-order valence-electron chi connectivity index (χ0n) is 11.6. The summed E-state index contributed by atoms with van der Waals surface area (Å²) < 4.78 is 49.3. The molecule has 1 heterocycles. The van der Waals surface area contributed by atoms with Gasteiger partial charge in [0.05, 0.1) is 17.2 Å². The summed E-state index contributed by atoms with van der Waals surface area (Å²) in [7, 11) is 1.08. The molecular formula is C12H13BrClF3O3S. The Morgan fingerprint density at radius 3 is 2.24 bits per heavy atom. The summed E-state index contributed by atoms with van der Waals surface area (Å²) in [5, 5.41) is 0. The van der Waals surface area contributed by atoms with Crippen molar-refractivity contribution in [1.29, 1.82) is 0 Å². The highest BCUT2D eigenvalue weighted by atomic mass is 79.9. The van der Waals surface area contributed by atoms with Crippen LogP contribution in [0.2, 0.25) is 4.34 Å². The van der Waals surface area contributed by atoms with Crippen LogP contribution in [0.15, 0.2) is 4.47 Å². The highest BCUT2D eigenvalue weighted by Gasteiger charge is 2.43. The van der Waals surface area contributed by atoms with Gasteiger partial charge in [0.2, 0.25) is 0 Å². The van der Waals surface area contributed by atoms with E-state index in [0.29, 0.717) is 11.3 Å². The second-order valence-electron chi connectivity index (χ2n) is 5.06. The van der Waals surface area contributed by atoms with Crippen LogP contribution in [0.4, 0.5) is 13.2 Å². The first-order valence-electron chi connectivity index (χ1n) is 5.69. The Hall–Kier alpha value is -0.310. The van der Waals surface area contributed by atoms with Gasteiger partial charge in [-0.2, -0.15) is 13.2 Å². The number of alkyl halides is 3. The molecule has 0 aromatic carbocycles. The summed E-state index contributed by atoms with van der Waals surface area (Å²) in [6.07, 6.45) is -6.17. The van der Waals surface area contributed by atoms with Crippen LogP contribution in [0, 0.1) is 0 Å². The smallest absolute Gasteiger partial charge is 0.426 e. The molecule has 120 valence electrons. The minimum atomic E-state index is -4.65. The molecule has 1 aromatic rings. The van der Waals surface area contributed by atoms with Crippen LogP contribution in [0.3, 0.4) is 0 Å². The van der Waals surface area contributed by atoms with E-state index in [2.05, 4.69) is 20.7 Å². The fourth-order valence-corrected chi connectivity index (χ4v) is 3.45. The first kappa shape index (κ1) is 18.7. The van der Waals surface area contributed by atoms with Gasteiger partial charge in [0.25, 0.3) is 0 Å². The lowest BCUT2D eigenvalue weighted by Crippen LogP contribution is -2.29. The van der Waals surface area contributed by atoms with Crippen molar-refractivity contribution in [1.82, 2.24) is 0 Å². The Balaban J connectivity index is 3.47. The molecule has 1 aromatic heterocycles. The maximum atomic E-state index is 13.1. The topological polar surface area (TPSA) is 35.5 Å². The van der Waals surface area contributed by atoms with Crippen molar-refractivity contribution in [3.05, 3.63) is 19.2 Å².